The molecule has 0 aliphatic heterocycles. The molecular formula is C18H16O3. The van der Waals surface area contributed by atoms with Crippen LogP contribution in [-0.4, -0.2) is 16.2 Å². The van der Waals surface area contributed by atoms with E-state index in [4.69, 9.17) is 5.11 Å². The van der Waals surface area contributed by atoms with E-state index < -0.39 is 5.97 Å². The molecule has 21 heavy (non-hydrogen) atoms. The van der Waals surface area contributed by atoms with Gasteiger partial charge in [0.15, 0.2) is 0 Å². The maximum atomic E-state index is 11.1. The number of hydrogen-bond acceptors (Lipinski definition) is 2. The smallest absolute Gasteiger partial charge is 0.335 e. The molecule has 1 aliphatic carbocycles. The molecule has 0 amide bonds. The Hall–Kier alpha value is -2.55. The molecule has 2 aromatic rings. The number of rotatable bonds is 2. The molecule has 0 spiro atoms. The lowest BCUT2D eigenvalue weighted by atomic mass is 9.92. The van der Waals surface area contributed by atoms with Crippen LogP contribution in [0.5, 0.6) is 5.75 Å². The van der Waals surface area contributed by atoms with Crippen molar-refractivity contribution in [1.82, 2.24) is 0 Å². The van der Waals surface area contributed by atoms with Crippen LogP contribution in [0.4, 0.5) is 0 Å². The standard InChI is InChI=1S/C18H16O3/c19-15-8-5-12(6-9-15)16-4-2-1-3-13-11-14(18(20)21)7-10-17(13)16/h4-11,19H,1-3H2,(H,20,21). The van der Waals surface area contributed by atoms with Crippen LogP contribution >= 0.6 is 0 Å². The lowest BCUT2D eigenvalue weighted by Crippen LogP contribution is -2.00. The molecule has 0 unspecified atom stereocenters. The Bertz CT molecular complexity index is 712. The molecule has 0 aromatic heterocycles. The summed E-state index contributed by atoms with van der Waals surface area (Å²) in [7, 11) is 0. The first-order valence-electron chi connectivity index (χ1n) is 7.01. The second-order valence-corrected chi connectivity index (χ2v) is 5.23. The summed E-state index contributed by atoms with van der Waals surface area (Å²) >= 11 is 0. The molecule has 3 nitrogen and oxygen atoms in total. The average molecular weight is 280 g/mol. The minimum Gasteiger partial charge on any atom is -0.508 e. The summed E-state index contributed by atoms with van der Waals surface area (Å²) in [6.07, 6.45) is 5.05. The quantitative estimate of drug-likeness (QED) is 0.878. The van der Waals surface area contributed by atoms with Crippen molar-refractivity contribution >= 4 is 11.5 Å². The van der Waals surface area contributed by atoms with E-state index in [2.05, 4.69) is 6.08 Å². The van der Waals surface area contributed by atoms with Crippen LogP contribution in [0.2, 0.25) is 0 Å². The summed E-state index contributed by atoms with van der Waals surface area (Å²) < 4.78 is 0. The van der Waals surface area contributed by atoms with Crippen molar-refractivity contribution in [1.29, 1.82) is 0 Å². The molecule has 0 bridgehead atoms. The van der Waals surface area contributed by atoms with Crippen molar-refractivity contribution in [2.75, 3.05) is 0 Å². The summed E-state index contributed by atoms with van der Waals surface area (Å²) in [5, 5.41) is 18.5. The van der Waals surface area contributed by atoms with Gasteiger partial charge in [0.1, 0.15) is 5.75 Å². The van der Waals surface area contributed by atoms with Gasteiger partial charge in [-0.25, -0.2) is 4.79 Å². The SMILES string of the molecule is O=C(O)c1ccc2c(c1)CCCC=C2c1ccc(O)cc1. The number of aromatic hydroxyl groups is 1. The maximum Gasteiger partial charge on any atom is 0.335 e. The molecule has 0 saturated heterocycles. The van der Waals surface area contributed by atoms with Crippen molar-refractivity contribution in [3.05, 3.63) is 70.8 Å². The first kappa shape index (κ1) is 13.4. The number of carboxylic acid groups (broad SMARTS) is 1. The van der Waals surface area contributed by atoms with Gasteiger partial charge in [0.25, 0.3) is 0 Å². The van der Waals surface area contributed by atoms with Crippen LogP contribution in [0.1, 0.15) is 39.9 Å². The Labute approximate surface area is 123 Å². The molecular weight excluding hydrogens is 264 g/mol. The van der Waals surface area contributed by atoms with E-state index in [-0.39, 0.29) is 5.75 Å². The van der Waals surface area contributed by atoms with E-state index in [9.17, 15) is 9.90 Å². The van der Waals surface area contributed by atoms with Gasteiger partial charge in [-0.05, 0) is 65.8 Å². The van der Waals surface area contributed by atoms with Gasteiger partial charge in [0.05, 0.1) is 5.56 Å². The topological polar surface area (TPSA) is 57.5 Å². The van der Waals surface area contributed by atoms with Crippen LogP contribution in [-0.2, 0) is 6.42 Å². The molecule has 106 valence electrons. The van der Waals surface area contributed by atoms with E-state index in [1.807, 2.05) is 18.2 Å². The van der Waals surface area contributed by atoms with Gasteiger partial charge < -0.3 is 10.2 Å². The molecule has 0 fully saturated rings. The fourth-order valence-corrected chi connectivity index (χ4v) is 2.76. The predicted molar refractivity (Wildman–Crippen MR) is 81.5 cm³/mol. The second-order valence-electron chi connectivity index (χ2n) is 5.23. The monoisotopic (exact) mass is 280 g/mol. The highest BCUT2D eigenvalue weighted by molar-refractivity contribution is 5.90. The van der Waals surface area contributed by atoms with Crippen LogP contribution in [0.25, 0.3) is 5.57 Å². The predicted octanol–water partition coefficient (Wildman–Crippen LogP) is 3.86. The molecule has 0 heterocycles. The second kappa shape index (κ2) is 5.44. The third kappa shape index (κ3) is 2.68. The summed E-state index contributed by atoms with van der Waals surface area (Å²) in [5.41, 5.74) is 4.65. The molecule has 2 aromatic carbocycles. The first-order valence-corrected chi connectivity index (χ1v) is 7.01. The molecule has 3 heteroatoms. The van der Waals surface area contributed by atoms with Crippen LogP contribution in [0.3, 0.4) is 0 Å². The molecule has 0 saturated carbocycles. The zero-order valence-electron chi connectivity index (χ0n) is 11.5. The Balaban J connectivity index is 2.09. The number of carbonyl (C=O) groups is 1. The van der Waals surface area contributed by atoms with Crippen LogP contribution < -0.4 is 0 Å². The van der Waals surface area contributed by atoms with Crippen molar-refractivity contribution in [3.63, 3.8) is 0 Å². The number of allylic oxidation sites excluding steroid dienone is 1. The molecule has 0 radical (unpaired) electrons. The third-order valence-electron chi connectivity index (χ3n) is 3.82. The Kier molecular flexibility index (Phi) is 3.48. The van der Waals surface area contributed by atoms with Crippen LogP contribution in [0.15, 0.2) is 48.5 Å². The van der Waals surface area contributed by atoms with Crippen molar-refractivity contribution in [2.24, 2.45) is 0 Å². The number of benzene rings is 2. The minimum atomic E-state index is -0.891. The molecule has 0 atom stereocenters. The number of phenolic OH excluding ortho intramolecular Hbond substituents is 1. The fourth-order valence-electron chi connectivity index (χ4n) is 2.76. The number of aromatic carboxylic acids is 1. The highest BCUT2D eigenvalue weighted by Crippen LogP contribution is 2.32. The lowest BCUT2D eigenvalue weighted by Gasteiger charge is -2.12. The summed E-state index contributed by atoms with van der Waals surface area (Å²) in [5.74, 6) is -0.647. The van der Waals surface area contributed by atoms with E-state index >= 15 is 0 Å². The average Bonchev–Trinajstić information content (AvgIpc) is 2.69. The Morgan fingerprint density at radius 1 is 1.05 bits per heavy atom. The third-order valence-corrected chi connectivity index (χ3v) is 3.82. The summed E-state index contributed by atoms with van der Waals surface area (Å²) in [6, 6.07) is 12.4. The van der Waals surface area contributed by atoms with Crippen molar-refractivity contribution < 1.29 is 15.0 Å². The Morgan fingerprint density at radius 2 is 1.81 bits per heavy atom. The van der Waals surface area contributed by atoms with E-state index in [1.165, 1.54) is 0 Å². The number of aryl methyl sites for hydroxylation is 1. The van der Waals surface area contributed by atoms with Gasteiger partial charge in [0, 0.05) is 0 Å². The summed E-state index contributed by atoms with van der Waals surface area (Å²) in [6.45, 7) is 0. The number of fused-ring (bicyclic) bond motifs is 1. The number of carboxylic acids is 1. The van der Waals surface area contributed by atoms with Crippen molar-refractivity contribution in [3.8, 4) is 5.75 Å². The highest BCUT2D eigenvalue weighted by Gasteiger charge is 2.15. The zero-order chi connectivity index (χ0) is 14.8. The van der Waals surface area contributed by atoms with Crippen LogP contribution in [0, 0.1) is 0 Å². The van der Waals surface area contributed by atoms with Gasteiger partial charge in [-0.2, -0.15) is 0 Å². The largest absolute Gasteiger partial charge is 0.508 e. The van der Waals surface area contributed by atoms with Gasteiger partial charge in [-0.1, -0.05) is 24.3 Å². The first-order chi connectivity index (χ1) is 10.1. The zero-order valence-corrected chi connectivity index (χ0v) is 11.5. The van der Waals surface area contributed by atoms with E-state index in [0.29, 0.717) is 5.56 Å². The summed E-state index contributed by atoms with van der Waals surface area (Å²) in [4.78, 5) is 11.1. The Morgan fingerprint density at radius 3 is 2.52 bits per heavy atom. The maximum absolute atomic E-state index is 11.1. The highest BCUT2D eigenvalue weighted by atomic mass is 16.4. The molecule has 1 aliphatic rings. The van der Waals surface area contributed by atoms with E-state index in [0.717, 1.165) is 41.5 Å². The van der Waals surface area contributed by atoms with E-state index in [1.54, 1.807) is 24.3 Å². The lowest BCUT2D eigenvalue weighted by molar-refractivity contribution is 0.0696. The fraction of sp³-hybridized carbons (Fsp3) is 0.167. The van der Waals surface area contributed by atoms with Gasteiger partial charge in [0.2, 0.25) is 0 Å². The normalized spacial score (nSPS) is 14.0. The minimum absolute atomic E-state index is 0.245. The number of hydrogen-bond donors (Lipinski definition) is 2. The molecule has 3 rings (SSSR count). The van der Waals surface area contributed by atoms with Gasteiger partial charge >= 0.3 is 5.97 Å². The van der Waals surface area contributed by atoms with Gasteiger partial charge in [-0.3, -0.25) is 0 Å². The molecule has 2 N–H and O–H groups in total. The number of phenols is 1. The van der Waals surface area contributed by atoms with Gasteiger partial charge in [-0.15, -0.1) is 0 Å². The van der Waals surface area contributed by atoms with Crippen molar-refractivity contribution in [2.45, 2.75) is 19.3 Å².